The Balaban J connectivity index is 1.39. The highest BCUT2D eigenvalue weighted by molar-refractivity contribution is 7.89. The Morgan fingerprint density at radius 2 is 1.72 bits per heavy atom. The summed E-state index contributed by atoms with van der Waals surface area (Å²) in [5.74, 6) is 1.28. The molecule has 0 atom stereocenters. The SMILES string of the molecule is Cc1ccc(S(=O)(=O)NCc2ccc(Oc3ccc4c(c3)COB4O)cc2)cc1. The van der Waals surface area contributed by atoms with Crippen LogP contribution in [-0.2, 0) is 27.8 Å². The van der Waals surface area contributed by atoms with Crippen LogP contribution in [0.4, 0.5) is 0 Å². The van der Waals surface area contributed by atoms with Gasteiger partial charge in [-0.15, -0.1) is 0 Å². The molecule has 0 bridgehead atoms. The lowest BCUT2D eigenvalue weighted by molar-refractivity contribution is 0.275. The highest BCUT2D eigenvalue weighted by atomic mass is 32.2. The van der Waals surface area contributed by atoms with Gasteiger partial charge in [-0.2, -0.15) is 0 Å². The quantitative estimate of drug-likeness (QED) is 0.612. The molecule has 29 heavy (non-hydrogen) atoms. The highest BCUT2D eigenvalue weighted by Crippen LogP contribution is 2.24. The monoisotopic (exact) mass is 409 g/mol. The number of rotatable bonds is 6. The zero-order chi connectivity index (χ0) is 20.4. The van der Waals surface area contributed by atoms with E-state index in [9.17, 15) is 13.4 Å². The Labute approximate surface area is 170 Å². The standard InChI is InChI=1S/C21H20BNO5S/c1-15-2-9-20(10-3-15)29(25,26)23-13-16-4-6-18(7-5-16)28-19-8-11-21-17(12-19)14-27-22(21)24/h2-12,23-24H,13-14H2,1H3. The molecule has 0 aliphatic carbocycles. The van der Waals surface area contributed by atoms with Crippen LogP contribution in [0.25, 0.3) is 0 Å². The third-order valence-electron chi connectivity index (χ3n) is 4.73. The molecule has 0 unspecified atom stereocenters. The van der Waals surface area contributed by atoms with Gasteiger partial charge in [0.05, 0.1) is 11.5 Å². The summed E-state index contributed by atoms with van der Waals surface area (Å²) in [5.41, 5.74) is 3.48. The van der Waals surface area contributed by atoms with E-state index in [-0.39, 0.29) is 11.4 Å². The summed E-state index contributed by atoms with van der Waals surface area (Å²) in [5, 5.41) is 9.67. The molecule has 0 spiro atoms. The molecule has 3 aromatic rings. The second kappa shape index (κ2) is 8.00. The number of hydrogen-bond donors (Lipinski definition) is 2. The van der Waals surface area contributed by atoms with Crippen LogP contribution < -0.4 is 14.9 Å². The minimum absolute atomic E-state index is 0.185. The lowest BCUT2D eigenvalue weighted by Crippen LogP contribution is -2.27. The van der Waals surface area contributed by atoms with Gasteiger partial charge in [-0.25, -0.2) is 13.1 Å². The van der Waals surface area contributed by atoms with Gasteiger partial charge in [0.1, 0.15) is 11.5 Å². The average Bonchev–Trinajstić information content (AvgIpc) is 3.08. The Morgan fingerprint density at radius 3 is 2.45 bits per heavy atom. The Morgan fingerprint density at radius 1 is 1.03 bits per heavy atom. The largest absolute Gasteiger partial charge is 0.491 e. The molecule has 1 aliphatic heterocycles. The molecular formula is C21H20BNO5S. The van der Waals surface area contributed by atoms with Crippen molar-refractivity contribution in [2.45, 2.75) is 25.0 Å². The lowest BCUT2D eigenvalue weighted by atomic mass is 9.80. The average molecular weight is 409 g/mol. The van der Waals surface area contributed by atoms with Crippen molar-refractivity contribution in [3.8, 4) is 11.5 Å². The molecule has 8 heteroatoms. The van der Waals surface area contributed by atoms with Crippen LogP contribution in [0.1, 0.15) is 16.7 Å². The predicted molar refractivity (Wildman–Crippen MR) is 111 cm³/mol. The molecule has 2 N–H and O–H groups in total. The molecular weight excluding hydrogens is 389 g/mol. The third kappa shape index (κ3) is 4.51. The van der Waals surface area contributed by atoms with E-state index in [2.05, 4.69) is 4.72 Å². The van der Waals surface area contributed by atoms with Gasteiger partial charge >= 0.3 is 7.12 Å². The van der Waals surface area contributed by atoms with Crippen LogP contribution in [0.2, 0.25) is 0 Å². The fourth-order valence-electron chi connectivity index (χ4n) is 3.06. The molecule has 1 aliphatic rings. The van der Waals surface area contributed by atoms with Crippen molar-refractivity contribution in [3.05, 3.63) is 83.4 Å². The summed E-state index contributed by atoms with van der Waals surface area (Å²) in [6, 6.07) is 19.3. The first-order chi connectivity index (χ1) is 13.9. The molecule has 1 heterocycles. The molecule has 0 amide bonds. The van der Waals surface area contributed by atoms with Gasteiger partial charge in [-0.05, 0) is 59.9 Å². The van der Waals surface area contributed by atoms with Crippen LogP contribution >= 0.6 is 0 Å². The predicted octanol–water partition coefficient (Wildman–Crippen LogP) is 2.48. The zero-order valence-electron chi connectivity index (χ0n) is 15.8. The number of ether oxygens (including phenoxy) is 1. The van der Waals surface area contributed by atoms with Crippen LogP contribution in [-0.4, -0.2) is 20.6 Å². The van der Waals surface area contributed by atoms with E-state index < -0.39 is 17.1 Å². The van der Waals surface area contributed by atoms with Gasteiger partial charge in [0, 0.05) is 6.54 Å². The van der Waals surface area contributed by atoms with Gasteiger partial charge < -0.3 is 14.4 Å². The van der Waals surface area contributed by atoms with Crippen molar-refractivity contribution in [2.24, 2.45) is 0 Å². The Hall–Kier alpha value is -2.65. The fraction of sp³-hybridized carbons (Fsp3) is 0.143. The lowest BCUT2D eigenvalue weighted by Gasteiger charge is -2.10. The third-order valence-corrected chi connectivity index (χ3v) is 6.15. The van der Waals surface area contributed by atoms with Crippen molar-refractivity contribution in [2.75, 3.05) is 0 Å². The molecule has 0 aromatic heterocycles. The fourth-order valence-corrected chi connectivity index (χ4v) is 4.08. The van der Waals surface area contributed by atoms with E-state index in [1.54, 1.807) is 48.5 Å². The first kappa shape index (κ1) is 19.7. The molecule has 148 valence electrons. The zero-order valence-corrected chi connectivity index (χ0v) is 16.6. The number of aryl methyl sites for hydroxylation is 1. The van der Waals surface area contributed by atoms with Crippen LogP contribution in [0.15, 0.2) is 71.6 Å². The maximum Gasteiger partial charge on any atom is 0.491 e. The van der Waals surface area contributed by atoms with Crippen molar-refractivity contribution in [1.29, 1.82) is 0 Å². The van der Waals surface area contributed by atoms with Gasteiger partial charge in [0.25, 0.3) is 0 Å². The molecule has 6 nitrogen and oxygen atoms in total. The van der Waals surface area contributed by atoms with E-state index in [0.717, 1.165) is 22.2 Å². The van der Waals surface area contributed by atoms with Crippen LogP contribution in [0, 0.1) is 6.92 Å². The molecule has 0 radical (unpaired) electrons. The summed E-state index contributed by atoms with van der Waals surface area (Å²) >= 11 is 0. The van der Waals surface area contributed by atoms with Crippen molar-refractivity contribution in [1.82, 2.24) is 4.72 Å². The van der Waals surface area contributed by atoms with Gasteiger partial charge in [0.2, 0.25) is 10.0 Å². The smallest absolute Gasteiger partial charge is 0.457 e. The molecule has 0 fully saturated rings. The second-order valence-electron chi connectivity index (χ2n) is 6.91. The van der Waals surface area contributed by atoms with E-state index in [4.69, 9.17) is 9.39 Å². The maximum absolute atomic E-state index is 12.4. The van der Waals surface area contributed by atoms with Crippen LogP contribution in [0.5, 0.6) is 11.5 Å². The second-order valence-corrected chi connectivity index (χ2v) is 8.67. The first-order valence-electron chi connectivity index (χ1n) is 9.16. The number of nitrogens with one attached hydrogen (secondary N) is 1. The Bertz CT molecular complexity index is 1110. The normalized spacial score (nSPS) is 13.4. The summed E-state index contributed by atoms with van der Waals surface area (Å²) < 4.78 is 38.4. The minimum Gasteiger partial charge on any atom is -0.457 e. The first-order valence-corrected chi connectivity index (χ1v) is 10.6. The number of benzene rings is 3. The molecule has 0 saturated carbocycles. The van der Waals surface area contributed by atoms with E-state index >= 15 is 0 Å². The van der Waals surface area contributed by atoms with Crippen LogP contribution in [0.3, 0.4) is 0 Å². The van der Waals surface area contributed by atoms with Crippen molar-refractivity contribution >= 4 is 22.6 Å². The van der Waals surface area contributed by atoms with E-state index in [1.807, 2.05) is 25.1 Å². The molecule has 0 saturated heterocycles. The Kier molecular flexibility index (Phi) is 5.42. The number of fused-ring (bicyclic) bond motifs is 1. The van der Waals surface area contributed by atoms with Gasteiger partial charge in [-0.3, -0.25) is 0 Å². The number of hydrogen-bond acceptors (Lipinski definition) is 5. The molecule has 4 rings (SSSR count). The summed E-state index contributed by atoms with van der Waals surface area (Å²) in [4.78, 5) is 0.244. The topological polar surface area (TPSA) is 84.9 Å². The summed E-state index contributed by atoms with van der Waals surface area (Å²) in [7, 11) is -4.43. The van der Waals surface area contributed by atoms with E-state index in [1.165, 1.54) is 0 Å². The van der Waals surface area contributed by atoms with Gasteiger partial charge in [0.15, 0.2) is 0 Å². The highest BCUT2D eigenvalue weighted by Gasteiger charge is 2.27. The van der Waals surface area contributed by atoms with Crippen molar-refractivity contribution in [3.63, 3.8) is 0 Å². The maximum atomic E-state index is 12.4. The van der Waals surface area contributed by atoms with Gasteiger partial charge in [-0.1, -0.05) is 35.9 Å². The summed E-state index contributed by atoms with van der Waals surface area (Å²) in [6.45, 7) is 2.45. The molecule has 3 aromatic carbocycles. The summed E-state index contributed by atoms with van der Waals surface area (Å²) in [6.07, 6.45) is 0. The number of sulfonamides is 1. The van der Waals surface area contributed by atoms with E-state index in [0.29, 0.717) is 18.1 Å². The van der Waals surface area contributed by atoms with Crippen molar-refractivity contribution < 1.29 is 22.8 Å². The minimum atomic E-state index is -3.56.